The van der Waals surface area contributed by atoms with Gasteiger partial charge < -0.3 is 10.2 Å². The second kappa shape index (κ2) is 5.93. The van der Waals surface area contributed by atoms with E-state index in [9.17, 15) is 19.8 Å². The molecule has 0 aromatic heterocycles. The highest BCUT2D eigenvalue weighted by Crippen LogP contribution is 2.56. The van der Waals surface area contributed by atoms with Crippen LogP contribution in [0.4, 0.5) is 0 Å². The van der Waals surface area contributed by atoms with Crippen molar-refractivity contribution in [2.75, 3.05) is 0 Å². The summed E-state index contributed by atoms with van der Waals surface area (Å²) in [6, 6.07) is 17.9. The van der Waals surface area contributed by atoms with Crippen molar-refractivity contribution in [2.45, 2.75) is 11.2 Å². The standard InChI is InChI=1S/C18H14O4S/c19-16(20)14-11-18(17(21)22,13-9-5-2-6-10-13)23-15(14)12-7-3-1-4-8-12/h1-10H,11H2,(H,19,20)(H,21,22). The minimum absolute atomic E-state index is 0.0451. The smallest absolute Gasteiger partial charge is 0.332 e. The molecule has 23 heavy (non-hydrogen) atoms. The molecule has 2 aromatic rings. The molecule has 1 aliphatic heterocycles. The Morgan fingerprint density at radius 3 is 2.00 bits per heavy atom. The van der Waals surface area contributed by atoms with Crippen LogP contribution in [0.2, 0.25) is 0 Å². The van der Waals surface area contributed by atoms with Crippen molar-refractivity contribution in [2.24, 2.45) is 0 Å². The number of thioether (sulfide) groups is 1. The van der Waals surface area contributed by atoms with Gasteiger partial charge in [-0.25, -0.2) is 4.79 Å². The lowest BCUT2D eigenvalue weighted by atomic mass is 9.90. The molecule has 2 aromatic carbocycles. The maximum atomic E-state index is 12.0. The monoisotopic (exact) mass is 326 g/mol. The highest BCUT2D eigenvalue weighted by Gasteiger charge is 2.49. The molecule has 0 saturated heterocycles. The Morgan fingerprint density at radius 1 is 0.913 bits per heavy atom. The van der Waals surface area contributed by atoms with Crippen molar-refractivity contribution in [3.63, 3.8) is 0 Å². The Hall–Kier alpha value is -2.53. The number of rotatable bonds is 4. The molecule has 1 atom stereocenters. The third-order valence-corrected chi connectivity index (χ3v) is 5.45. The van der Waals surface area contributed by atoms with E-state index in [1.807, 2.05) is 24.3 Å². The summed E-state index contributed by atoms with van der Waals surface area (Å²) in [5.41, 5.74) is 1.48. The summed E-state index contributed by atoms with van der Waals surface area (Å²) < 4.78 is -1.31. The number of aliphatic carboxylic acids is 2. The predicted octanol–water partition coefficient (Wildman–Crippen LogP) is 3.60. The van der Waals surface area contributed by atoms with Crippen molar-refractivity contribution >= 4 is 28.6 Å². The van der Waals surface area contributed by atoms with E-state index in [0.717, 1.165) is 17.3 Å². The number of hydrogen-bond acceptors (Lipinski definition) is 3. The van der Waals surface area contributed by atoms with Crippen LogP contribution in [0.3, 0.4) is 0 Å². The molecular weight excluding hydrogens is 312 g/mol. The van der Waals surface area contributed by atoms with Gasteiger partial charge in [-0.15, -0.1) is 11.8 Å². The molecule has 0 bridgehead atoms. The molecule has 1 unspecified atom stereocenters. The average molecular weight is 326 g/mol. The molecule has 0 spiro atoms. The summed E-state index contributed by atoms with van der Waals surface area (Å²) >= 11 is 1.11. The zero-order chi connectivity index (χ0) is 16.4. The van der Waals surface area contributed by atoms with Gasteiger partial charge in [0.25, 0.3) is 0 Å². The van der Waals surface area contributed by atoms with Crippen LogP contribution in [0.25, 0.3) is 4.91 Å². The fourth-order valence-corrected chi connectivity index (χ4v) is 4.15. The van der Waals surface area contributed by atoms with Crippen molar-refractivity contribution in [3.05, 3.63) is 77.4 Å². The van der Waals surface area contributed by atoms with E-state index in [4.69, 9.17) is 0 Å². The summed E-state index contributed by atoms with van der Waals surface area (Å²) in [4.78, 5) is 24.2. The van der Waals surface area contributed by atoms with Crippen LogP contribution in [-0.2, 0) is 14.3 Å². The number of benzene rings is 2. The molecule has 1 heterocycles. The number of hydrogen-bond donors (Lipinski definition) is 2. The lowest BCUT2D eigenvalue weighted by Gasteiger charge is -2.24. The first-order valence-corrected chi connectivity index (χ1v) is 7.86. The lowest BCUT2D eigenvalue weighted by molar-refractivity contribution is -0.140. The van der Waals surface area contributed by atoms with Crippen molar-refractivity contribution in [1.82, 2.24) is 0 Å². The van der Waals surface area contributed by atoms with Crippen LogP contribution < -0.4 is 0 Å². The number of carbonyl (C=O) groups is 2. The molecule has 0 amide bonds. The maximum Gasteiger partial charge on any atom is 0.332 e. The molecule has 0 radical (unpaired) electrons. The van der Waals surface area contributed by atoms with E-state index in [0.29, 0.717) is 10.5 Å². The summed E-state index contributed by atoms with van der Waals surface area (Å²) in [6.07, 6.45) is -0.0451. The molecule has 0 saturated carbocycles. The Morgan fingerprint density at radius 2 is 1.48 bits per heavy atom. The normalized spacial score (nSPS) is 20.5. The summed E-state index contributed by atoms with van der Waals surface area (Å²) in [5.74, 6) is -2.10. The van der Waals surface area contributed by atoms with Crippen LogP contribution in [0.1, 0.15) is 17.5 Å². The first-order valence-electron chi connectivity index (χ1n) is 7.04. The third kappa shape index (κ3) is 2.64. The van der Waals surface area contributed by atoms with E-state index in [2.05, 4.69) is 0 Å². The third-order valence-electron chi connectivity index (χ3n) is 3.86. The van der Waals surface area contributed by atoms with Crippen LogP contribution in [-0.4, -0.2) is 22.2 Å². The minimum atomic E-state index is -1.31. The molecule has 3 rings (SSSR count). The average Bonchev–Trinajstić information content (AvgIpc) is 2.99. The fraction of sp³-hybridized carbons (Fsp3) is 0.111. The maximum absolute atomic E-state index is 12.0. The van der Waals surface area contributed by atoms with Gasteiger partial charge in [-0.1, -0.05) is 60.7 Å². The van der Waals surface area contributed by atoms with Gasteiger partial charge in [0, 0.05) is 11.3 Å². The van der Waals surface area contributed by atoms with E-state index in [1.54, 1.807) is 36.4 Å². The van der Waals surface area contributed by atoms with Crippen LogP contribution in [0.5, 0.6) is 0 Å². The molecule has 1 aliphatic rings. The van der Waals surface area contributed by atoms with Gasteiger partial charge in [-0.05, 0) is 11.1 Å². The van der Waals surface area contributed by atoms with E-state index in [1.165, 1.54) is 0 Å². The molecule has 0 fully saturated rings. The lowest BCUT2D eigenvalue weighted by Crippen LogP contribution is -2.30. The predicted molar refractivity (Wildman–Crippen MR) is 89.0 cm³/mol. The van der Waals surface area contributed by atoms with Crippen molar-refractivity contribution in [1.29, 1.82) is 0 Å². The van der Waals surface area contributed by atoms with E-state index < -0.39 is 16.7 Å². The summed E-state index contributed by atoms with van der Waals surface area (Å²) in [5, 5.41) is 19.4. The van der Waals surface area contributed by atoms with Gasteiger partial charge >= 0.3 is 11.9 Å². The summed E-state index contributed by atoms with van der Waals surface area (Å²) in [7, 11) is 0. The fourth-order valence-electron chi connectivity index (χ4n) is 2.71. The van der Waals surface area contributed by atoms with Gasteiger partial charge in [0.1, 0.15) is 4.75 Å². The number of carboxylic acid groups (broad SMARTS) is 2. The second-order valence-electron chi connectivity index (χ2n) is 5.26. The second-order valence-corrected chi connectivity index (χ2v) is 6.57. The van der Waals surface area contributed by atoms with Gasteiger partial charge in [0.05, 0.1) is 5.57 Å². The Kier molecular flexibility index (Phi) is 3.96. The largest absolute Gasteiger partial charge is 0.480 e. The molecule has 0 aliphatic carbocycles. The van der Waals surface area contributed by atoms with Crippen LogP contribution in [0.15, 0.2) is 66.2 Å². The van der Waals surface area contributed by atoms with E-state index >= 15 is 0 Å². The Labute approximate surface area is 137 Å². The molecular formula is C18H14O4S. The summed E-state index contributed by atoms with van der Waals surface area (Å²) in [6.45, 7) is 0. The highest BCUT2D eigenvalue weighted by molar-refractivity contribution is 8.10. The zero-order valence-corrected chi connectivity index (χ0v) is 12.9. The van der Waals surface area contributed by atoms with Gasteiger partial charge in [-0.3, -0.25) is 4.79 Å². The number of carboxylic acids is 2. The quantitative estimate of drug-likeness (QED) is 0.898. The van der Waals surface area contributed by atoms with Gasteiger partial charge in [0.2, 0.25) is 0 Å². The Bertz CT molecular complexity index is 783. The van der Waals surface area contributed by atoms with Crippen molar-refractivity contribution < 1.29 is 19.8 Å². The zero-order valence-electron chi connectivity index (χ0n) is 12.1. The molecule has 4 nitrogen and oxygen atoms in total. The van der Waals surface area contributed by atoms with E-state index in [-0.39, 0.29) is 12.0 Å². The molecule has 116 valence electrons. The molecule has 2 N–H and O–H groups in total. The Balaban J connectivity index is 2.12. The van der Waals surface area contributed by atoms with Gasteiger partial charge in [0.15, 0.2) is 0 Å². The highest BCUT2D eigenvalue weighted by atomic mass is 32.2. The molecule has 5 heteroatoms. The first-order chi connectivity index (χ1) is 11.0. The minimum Gasteiger partial charge on any atom is -0.480 e. The van der Waals surface area contributed by atoms with Crippen LogP contribution >= 0.6 is 11.8 Å². The SMILES string of the molecule is O=C(O)C1=C(c2ccccc2)SC(C(=O)O)(c2ccccc2)C1. The topological polar surface area (TPSA) is 74.6 Å². The first kappa shape index (κ1) is 15.4. The van der Waals surface area contributed by atoms with Crippen molar-refractivity contribution in [3.8, 4) is 0 Å². The van der Waals surface area contributed by atoms with Crippen LogP contribution in [0, 0.1) is 0 Å². The van der Waals surface area contributed by atoms with Gasteiger partial charge in [-0.2, -0.15) is 0 Å².